The fourth-order valence-electron chi connectivity index (χ4n) is 3.67. The Morgan fingerprint density at radius 2 is 1.96 bits per heavy atom. The average molecular weight is 385 g/mol. The molecule has 6 heteroatoms. The zero-order chi connectivity index (χ0) is 16.9. The number of amides is 1. The Morgan fingerprint density at radius 3 is 2.64 bits per heavy atom. The molecule has 0 aliphatic carbocycles. The van der Waals surface area contributed by atoms with Gasteiger partial charge in [0.1, 0.15) is 11.1 Å². The molecule has 0 saturated carbocycles. The SMILES string of the molecule is COc1ccc(C2SCC(=O)N2CCCN2CCCCC2C)cc1.Cl. The molecule has 140 valence electrons. The van der Waals surface area contributed by atoms with E-state index in [2.05, 4.69) is 28.9 Å². The lowest BCUT2D eigenvalue weighted by Crippen LogP contribution is -2.39. The number of hydrogen-bond acceptors (Lipinski definition) is 4. The van der Waals surface area contributed by atoms with Gasteiger partial charge in [-0.1, -0.05) is 18.6 Å². The minimum Gasteiger partial charge on any atom is -0.497 e. The fraction of sp³-hybridized carbons (Fsp3) is 0.632. The van der Waals surface area contributed by atoms with E-state index in [9.17, 15) is 4.79 Å². The number of rotatable bonds is 6. The standard InChI is InChI=1S/C19H28N2O2S.ClH/c1-15-6-3-4-11-20(15)12-5-13-21-18(22)14-24-19(21)16-7-9-17(23-2)10-8-16;/h7-10,15,19H,3-6,11-14H2,1-2H3;1H. The van der Waals surface area contributed by atoms with Crippen molar-refractivity contribution in [1.29, 1.82) is 0 Å². The van der Waals surface area contributed by atoms with Crippen molar-refractivity contribution in [3.05, 3.63) is 29.8 Å². The largest absolute Gasteiger partial charge is 0.497 e. The molecule has 2 aliphatic heterocycles. The lowest BCUT2D eigenvalue weighted by Gasteiger charge is -2.34. The Kier molecular flexibility index (Phi) is 7.91. The molecule has 1 aromatic carbocycles. The fourth-order valence-corrected chi connectivity index (χ4v) is 4.89. The van der Waals surface area contributed by atoms with E-state index in [1.807, 2.05) is 12.1 Å². The predicted octanol–water partition coefficient (Wildman–Crippen LogP) is 3.96. The number of methoxy groups -OCH3 is 1. The summed E-state index contributed by atoms with van der Waals surface area (Å²) >= 11 is 1.73. The Morgan fingerprint density at radius 1 is 1.20 bits per heavy atom. The minimum absolute atomic E-state index is 0. The maximum absolute atomic E-state index is 12.3. The van der Waals surface area contributed by atoms with Crippen LogP contribution in [-0.2, 0) is 4.79 Å². The second-order valence-corrected chi connectivity index (χ2v) is 7.83. The van der Waals surface area contributed by atoms with Crippen LogP contribution in [0.5, 0.6) is 5.75 Å². The zero-order valence-electron chi connectivity index (χ0n) is 15.1. The maximum Gasteiger partial charge on any atom is 0.233 e. The van der Waals surface area contributed by atoms with E-state index in [0.29, 0.717) is 11.8 Å². The molecule has 3 rings (SSSR count). The van der Waals surface area contributed by atoms with Gasteiger partial charge >= 0.3 is 0 Å². The van der Waals surface area contributed by atoms with Crippen molar-refractivity contribution in [2.45, 2.75) is 44.0 Å². The second-order valence-electron chi connectivity index (χ2n) is 6.76. The summed E-state index contributed by atoms with van der Waals surface area (Å²) in [5.41, 5.74) is 1.19. The highest BCUT2D eigenvalue weighted by molar-refractivity contribution is 8.00. The number of nitrogens with zero attached hydrogens (tertiary/aromatic N) is 2. The van der Waals surface area contributed by atoms with E-state index in [1.165, 1.54) is 31.4 Å². The summed E-state index contributed by atoms with van der Waals surface area (Å²) in [6.45, 7) is 5.50. The van der Waals surface area contributed by atoms with Gasteiger partial charge in [-0.05, 0) is 50.4 Å². The van der Waals surface area contributed by atoms with Crippen molar-refractivity contribution >= 4 is 30.1 Å². The Balaban J connectivity index is 0.00000225. The van der Waals surface area contributed by atoms with Gasteiger partial charge in [0.2, 0.25) is 5.91 Å². The highest BCUT2D eigenvalue weighted by atomic mass is 35.5. The summed E-state index contributed by atoms with van der Waals surface area (Å²) in [6.07, 6.45) is 5.05. The number of carbonyl (C=O) groups excluding carboxylic acids is 1. The first-order chi connectivity index (χ1) is 11.7. The van der Waals surface area contributed by atoms with E-state index in [1.54, 1.807) is 18.9 Å². The molecule has 2 unspecified atom stereocenters. The zero-order valence-corrected chi connectivity index (χ0v) is 16.8. The molecule has 1 amide bonds. The molecule has 2 aliphatic rings. The monoisotopic (exact) mass is 384 g/mol. The van der Waals surface area contributed by atoms with Crippen LogP contribution in [0, 0.1) is 0 Å². The van der Waals surface area contributed by atoms with Gasteiger partial charge in [0.05, 0.1) is 12.9 Å². The van der Waals surface area contributed by atoms with Gasteiger partial charge in [0, 0.05) is 19.1 Å². The molecule has 1 aromatic rings. The van der Waals surface area contributed by atoms with Crippen LogP contribution in [0.25, 0.3) is 0 Å². The van der Waals surface area contributed by atoms with E-state index >= 15 is 0 Å². The molecule has 0 spiro atoms. The molecule has 0 radical (unpaired) electrons. The lowest BCUT2D eigenvalue weighted by molar-refractivity contribution is -0.128. The van der Waals surface area contributed by atoms with Crippen molar-refractivity contribution in [2.75, 3.05) is 32.5 Å². The van der Waals surface area contributed by atoms with Crippen LogP contribution < -0.4 is 4.74 Å². The van der Waals surface area contributed by atoms with Crippen molar-refractivity contribution in [1.82, 2.24) is 9.80 Å². The van der Waals surface area contributed by atoms with Crippen LogP contribution in [0.15, 0.2) is 24.3 Å². The van der Waals surface area contributed by atoms with Crippen molar-refractivity contribution in [3.8, 4) is 5.75 Å². The van der Waals surface area contributed by atoms with Crippen LogP contribution in [0.3, 0.4) is 0 Å². The molecule has 2 saturated heterocycles. The van der Waals surface area contributed by atoms with E-state index in [4.69, 9.17) is 4.74 Å². The Hall–Kier alpha value is -0.910. The van der Waals surface area contributed by atoms with E-state index < -0.39 is 0 Å². The molecular weight excluding hydrogens is 356 g/mol. The topological polar surface area (TPSA) is 32.8 Å². The Labute approximate surface area is 161 Å². The quantitative estimate of drug-likeness (QED) is 0.743. The van der Waals surface area contributed by atoms with Crippen molar-refractivity contribution in [2.24, 2.45) is 0 Å². The van der Waals surface area contributed by atoms with Crippen LogP contribution in [-0.4, -0.2) is 54.2 Å². The van der Waals surface area contributed by atoms with Crippen LogP contribution in [0.2, 0.25) is 0 Å². The minimum atomic E-state index is 0. The number of piperidine rings is 1. The molecule has 0 N–H and O–H groups in total. The summed E-state index contributed by atoms with van der Waals surface area (Å²) in [5.74, 6) is 1.72. The van der Waals surface area contributed by atoms with E-state index in [-0.39, 0.29) is 23.7 Å². The lowest BCUT2D eigenvalue weighted by atomic mass is 10.0. The summed E-state index contributed by atoms with van der Waals surface area (Å²) in [4.78, 5) is 16.9. The first-order valence-electron chi connectivity index (χ1n) is 8.98. The summed E-state index contributed by atoms with van der Waals surface area (Å²) < 4.78 is 5.23. The number of ether oxygens (including phenoxy) is 1. The van der Waals surface area contributed by atoms with Gasteiger partial charge in [-0.25, -0.2) is 0 Å². The number of carbonyl (C=O) groups is 1. The third kappa shape index (κ3) is 5.05. The van der Waals surface area contributed by atoms with Gasteiger partial charge in [0.25, 0.3) is 0 Å². The molecular formula is C19H29ClN2O2S. The van der Waals surface area contributed by atoms with Gasteiger partial charge in [-0.2, -0.15) is 0 Å². The predicted molar refractivity (Wildman–Crippen MR) is 107 cm³/mol. The van der Waals surface area contributed by atoms with E-state index in [0.717, 1.165) is 25.3 Å². The molecule has 0 bridgehead atoms. The third-order valence-electron chi connectivity index (χ3n) is 5.15. The molecule has 2 atom stereocenters. The van der Waals surface area contributed by atoms with Crippen LogP contribution in [0.1, 0.15) is 43.5 Å². The number of hydrogen-bond donors (Lipinski definition) is 0. The summed E-state index contributed by atoms with van der Waals surface area (Å²) in [7, 11) is 1.68. The average Bonchev–Trinajstić information content (AvgIpc) is 2.97. The summed E-state index contributed by atoms with van der Waals surface area (Å²) in [5, 5.41) is 0.155. The highest BCUT2D eigenvalue weighted by Crippen LogP contribution is 2.39. The number of likely N-dealkylation sites (tertiary alicyclic amines) is 1. The number of halogens is 1. The van der Waals surface area contributed by atoms with Gasteiger partial charge in [-0.15, -0.1) is 24.2 Å². The molecule has 0 aromatic heterocycles. The molecule has 4 nitrogen and oxygen atoms in total. The first kappa shape index (κ1) is 20.4. The van der Waals surface area contributed by atoms with Gasteiger partial charge < -0.3 is 14.5 Å². The second kappa shape index (κ2) is 9.70. The van der Waals surface area contributed by atoms with Gasteiger partial charge in [-0.3, -0.25) is 4.79 Å². The van der Waals surface area contributed by atoms with Crippen molar-refractivity contribution < 1.29 is 9.53 Å². The summed E-state index contributed by atoms with van der Waals surface area (Å²) in [6, 6.07) is 8.81. The molecule has 2 heterocycles. The molecule has 25 heavy (non-hydrogen) atoms. The maximum atomic E-state index is 12.3. The van der Waals surface area contributed by atoms with Gasteiger partial charge in [0.15, 0.2) is 0 Å². The third-order valence-corrected chi connectivity index (χ3v) is 6.41. The highest BCUT2D eigenvalue weighted by Gasteiger charge is 2.32. The van der Waals surface area contributed by atoms with Crippen LogP contribution in [0.4, 0.5) is 0 Å². The molecule has 2 fully saturated rings. The number of thioether (sulfide) groups is 1. The van der Waals surface area contributed by atoms with Crippen molar-refractivity contribution in [3.63, 3.8) is 0 Å². The normalized spacial score (nSPS) is 24.2. The van der Waals surface area contributed by atoms with Crippen LogP contribution >= 0.6 is 24.2 Å². The smallest absolute Gasteiger partial charge is 0.233 e. The first-order valence-corrected chi connectivity index (χ1v) is 10.0. The number of benzene rings is 1. The Bertz CT molecular complexity index is 555.